The number of allylic oxidation sites excluding steroid dienone is 3. The molecule has 0 fully saturated rings. The molecule has 0 radical (unpaired) electrons. The molecule has 0 heterocycles. The fraction of sp³-hybridized carbons (Fsp3) is 0.571. The molecule has 0 aliphatic carbocycles. The minimum atomic E-state index is -0.764. The molecule has 0 unspecified atom stereocenters. The van der Waals surface area contributed by atoms with E-state index in [4.69, 9.17) is 9.84 Å². The van der Waals surface area contributed by atoms with E-state index in [0.29, 0.717) is 13.0 Å². The standard InChI is InChI=1S/C14H22O4/c1-11(7-8-14(16)17)5-4-6-12(2)9-10-18-13(3)15/h5,9H,4,6-8,10H2,1-3H3,(H,16,17). The summed E-state index contributed by atoms with van der Waals surface area (Å²) in [5.41, 5.74) is 2.27. The van der Waals surface area contributed by atoms with E-state index in [1.807, 2.05) is 19.9 Å². The summed E-state index contributed by atoms with van der Waals surface area (Å²) in [7, 11) is 0. The maximum absolute atomic E-state index is 10.5. The Morgan fingerprint density at radius 3 is 2.17 bits per heavy atom. The lowest BCUT2D eigenvalue weighted by Gasteiger charge is -2.01. The van der Waals surface area contributed by atoms with Gasteiger partial charge in [-0.25, -0.2) is 0 Å². The lowest BCUT2D eigenvalue weighted by atomic mass is 10.1. The molecule has 102 valence electrons. The van der Waals surface area contributed by atoms with Crippen LogP contribution in [0.2, 0.25) is 0 Å². The number of aliphatic carboxylic acids is 1. The van der Waals surface area contributed by atoms with Gasteiger partial charge in [-0.3, -0.25) is 9.59 Å². The zero-order chi connectivity index (χ0) is 14.0. The average Bonchev–Trinajstić information content (AvgIpc) is 2.25. The summed E-state index contributed by atoms with van der Waals surface area (Å²) >= 11 is 0. The molecule has 0 aromatic heterocycles. The van der Waals surface area contributed by atoms with E-state index in [0.717, 1.165) is 18.4 Å². The highest BCUT2D eigenvalue weighted by Crippen LogP contribution is 2.10. The predicted molar refractivity (Wildman–Crippen MR) is 70.3 cm³/mol. The topological polar surface area (TPSA) is 63.6 Å². The molecule has 0 aliphatic heterocycles. The van der Waals surface area contributed by atoms with Gasteiger partial charge in [-0.2, -0.15) is 0 Å². The first-order chi connectivity index (χ1) is 8.41. The van der Waals surface area contributed by atoms with Crippen LogP contribution in [0.1, 0.15) is 46.5 Å². The van der Waals surface area contributed by atoms with Crippen LogP contribution in [0, 0.1) is 0 Å². The van der Waals surface area contributed by atoms with Crippen LogP contribution >= 0.6 is 0 Å². The number of carboxylic acids is 1. The van der Waals surface area contributed by atoms with E-state index in [1.165, 1.54) is 12.5 Å². The van der Waals surface area contributed by atoms with E-state index < -0.39 is 5.97 Å². The van der Waals surface area contributed by atoms with Crippen LogP contribution in [-0.2, 0) is 14.3 Å². The van der Waals surface area contributed by atoms with Crippen molar-refractivity contribution < 1.29 is 19.4 Å². The number of carboxylic acid groups (broad SMARTS) is 1. The van der Waals surface area contributed by atoms with Gasteiger partial charge in [0.1, 0.15) is 6.61 Å². The van der Waals surface area contributed by atoms with Crippen molar-refractivity contribution in [2.75, 3.05) is 6.61 Å². The monoisotopic (exact) mass is 254 g/mol. The van der Waals surface area contributed by atoms with Gasteiger partial charge in [-0.15, -0.1) is 0 Å². The first-order valence-electron chi connectivity index (χ1n) is 6.08. The van der Waals surface area contributed by atoms with Crippen LogP contribution in [-0.4, -0.2) is 23.7 Å². The van der Waals surface area contributed by atoms with Crippen LogP contribution in [0.15, 0.2) is 23.3 Å². The van der Waals surface area contributed by atoms with Crippen LogP contribution in [0.5, 0.6) is 0 Å². The van der Waals surface area contributed by atoms with Crippen LogP contribution in [0.4, 0.5) is 0 Å². The second-order valence-electron chi connectivity index (χ2n) is 4.34. The number of ether oxygens (including phenoxy) is 1. The molecule has 0 atom stereocenters. The maximum atomic E-state index is 10.5. The van der Waals surface area contributed by atoms with Gasteiger partial charge in [0.2, 0.25) is 0 Å². The van der Waals surface area contributed by atoms with Crippen molar-refractivity contribution in [3.63, 3.8) is 0 Å². The average molecular weight is 254 g/mol. The van der Waals surface area contributed by atoms with Crippen molar-refractivity contribution in [1.29, 1.82) is 0 Å². The molecular formula is C14H22O4. The molecule has 0 bridgehead atoms. The molecule has 0 aromatic carbocycles. The molecule has 4 heteroatoms. The highest BCUT2D eigenvalue weighted by atomic mass is 16.5. The number of hydrogen-bond acceptors (Lipinski definition) is 3. The number of esters is 1. The summed E-state index contributed by atoms with van der Waals surface area (Å²) in [5, 5.41) is 8.54. The summed E-state index contributed by atoms with van der Waals surface area (Å²) in [6.45, 7) is 5.64. The molecule has 0 saturated carbocycles. The summed E-state index contributed by atoms with van der Waals surface area (Å²) in [6.07, 6.45) is 6.52. The van der Waals surface area contributed by atoms with Crippen molar-refractivity contribution in [3.05, 3.63) is 23.3 Å². The van der Waals surface area contributed by atoms with E-state index in [1.54, 1.807) is 0 Å². The van der Waals surface area contributed by atoms with E-state index in [-0.39, 0.29) is 12.4 Å². The lowest BCUT2D eigenvalue weighted by Crippen LogP contribution is -1.98. The molecule has 0 rings (SSSR count). The van der Waals surface area contributed by atoms with E-state index in [9.17, 15) is 9.59 Å². The SMILES string of the molecule is CC(=O)OCC=C(C)CCC=C(C)CCC(=O)O. The van der Waals surface area contributed by atoms with Crippen molar-refractivity contribution >= 4 is 11.9 Å². The van der Waals surface area contributed by atoms with Gasteiger partial charge < -0.3 is 9.84 Å². The Labute approximate surface area is 108 Å². The highest BCUT2D eigenvalue weighted by Gasteiger charge is 1.97. The predicted octanol–water partition coefficient (Wildman–Crippen LogP) is 3.09. The zero-order valence-corrected chi connectivity index (χ0v) is 11.4. The number of rotatable bonds is 8. The molecule has 4 nitrogen and oxygen atoms in total. The van der Waals surface area contributed by atoms with Gasteiger partial charge in [0, 0.05) is 13.3 Å². The fourth-order valence-electron chi connectivity index (χ4n) is 1.36. The summed E-state index contributed by atoms with van der Waals surface area (Å²) in [4.78, 5) is 20.9. The van der Waals surface area contributed by atoms with Crippen LogP contribution < -0.4 is 0 Å². The molecule has 0 amide bonds. The smallest absolute Gasteiger partial charge is 0.303 e. The Morgan fingerprint density at radius 1 is 1.00 bits per heavy atom. The third-order valence-electron chi connectivity index (χ3n) is 2.48. The molecule has 0 aromatic rings. The molecular weight excluding hydrogens is 232 g/mol. The zero-order valence-electron chi connectivity index (χ0n) is 11.4. The Kier molecular flexibility index (Phi) is 8.62. The Morgan fingerprint density at radius 2 is 1.61 bits per heavy atom. The van der Waals surface area contributed by atoms with Crippen LogP contribution in [0.25, 0.3) is 0 Å². The molecule has 0 saturated heterocycles. The quantitative estimate of drug-likeness (QED) is 0.534. The van der Waals surface area contributed by atoms with Gasteiger partial charge in [-0.05, 0) is 39.2 Å². The maximum Gasteiger partial charge on any atom is 0.303 e. The third-order valence-corrected chi connectivity index (χ3v) is 2.48. The van der Waals surface area contributed by atoms with Crippen molar-refractivity contribution in [2.24, 2.45) is 0 Å². The van der Waals surface area contributed by atoms with Crippen molar-refractivity contribution in [3.8, 4) is 0 Å². The third kappa shape index (κ3) is 10.9. The molecule has 18 heavy (non-hydrogen) atoms. The van der Waals surface area contributed by atoms with E-state index >= 15 is 0 Å². The number of hydrogen-bond donors (Lipinski definition) is 1. The summed E-state index contributed by atoms with van der Waals surface area (Å²) < 4.78 is 4.81. The first-order valence-corrected chi connectivity index (χ1v) is 6.08. The van der Waals surface area contributed by atoms with Gasteiger partial charge in [0.25, 0.3) is 0 Å². The normalized spacial score (nSPS) is 12.4. The van der Waals surface area contributed by atoms with Gasteiger partial charge >= 0.3 is 11.9 Å². The van der Waals surface area contributed by atoms with Gasteiger partial charge in [-0.1, -0.05) is 17.2 Å². The van der Waals surface area contributed by atoms with Crippen LogP contribution in [0.3, 0.4) is 0 Å². The summed E-state index contributed by atoms with van der Waals surface area (Å²) in [5.74, 6) is -1.04. The fourth-order valence-corrected chi connectivity index (χ4v) is 1.36. The second kappa shape index (κ2) is 9.45. The highest BCUT2D eigenvalue weighted by molar-refractivity contribution is 5.67. The van der Waals surface area contributed by atoms with Crippen molar-refractivity contribution in [2.45, 2.75) is 46.5 Å². The Hall–Kier alpha value is -1.58. The van der Waals surface area contributed by atoms with Crippen molar-refractivity contribution in [1.82, 2.24) is 0 Å². The number of carbonyl (C=O) groups excluding carboxylic acids is 1. The largest absolute Gasteiger partial charge is 0.481 e. The van der Waals surface area contributed by atoms with E-state index in [2.05, 4.69) is 6.08 Å². The minimum absolute atomic E-state index is 0.184. The molecule has 1 N–H and O–H groups in total. The summed E-state index contributed by atoms with van der Waals surface area (Å²) in [6, 6.07) is 0. The van der Waals surface area contributed by atoms with Gasteiger partial charge in [0.05, 0.1) is 0 Å². The second-order valence-corrected chi connectivity index (χ2v) is 4.34. The first kappa shape index (κ1) is 16.4. The number of carbonyl (C=O) groups is 2. The molecule has 0 aliphatic rings. The molecule has 0 spiro atoms. The van der Waals surface area contributed by atoms with Gasteiger partial charge in [0.15, 0.2) is 0 Å². The Bertz CT molecular complexity index is 340. The lowest BCUT2D eigenvalue weighted by molar-refractivity contribution is -0.140. The minimum Gasteiger partial charge on any atom is -0.481 e. The Balaban J connectivity index is 3.83.